The van der Waals surface area contributed by atoms with Gasteiger partial charge >= 0.3 is 12.1 Å². The molecular formula is C24H32N4O5. The molecule has 1 aromatic heterocycles. The Morgan fingerprint density at radius 3 is 2.42 bits per heavy atom. The van der Waals surface area contributed by atoms with Crippen molar-refractivity contribution < 1.29 is 23.8 Å². The highest BCUT2D eigenvalue weighted by Gasteiger charge is 2.35. The van der Waals surface area contributed by atoms with Crippen LogP contribution in [0.3, 0.4) is 0 Å². The Balaban J connectivity index is 1.66. The van der Waals surface area contributed by atoms with Gasteiger partial charge in [0, 0.05) is 11.0 Å². The zero-order valence-electron chi connectivity index (χ0n) is 20.2. The second-order valence-electron chi connectivity index (χ2n) is 10.0. The number of nitrogens with one attached hydrogen (secondary N) is 2. The van der Waals surface area contributed by atoms with Crippen molar-refractivity contribution in [2.45, 2.75) is 65.5 Å². The van der Waals surface area contributed by atoms with Crippen LogP contribution in [0.1, 0.15) is 54.0 Å². The minimum atomic E-state index is -0.787. The molecule has 178 valence electrons. The number of amides is 2. The van der Waals surface area contributed by atoms with E-state index in [1.54, 1.807) is 20.8 Å². The lowest BCUT2D eigenvalue weighted by Gasteiger charge is -2.25. The Labute approximate surface area is 194 Å². The molecule has 1 atom stereocenters. The normalized spacial score (nSPS) is 15.3. The predicted octanol–water partition coefficient (Wildman–Crippen LogP) is 4.43. The third kappa shape index (κ3) is 6.12. The second-order valence-corrected chi connectivity index (χ2v) is 10.0. The van der Waals surface area contributed by atoms with Crippen molar-refractivity contribution in [1.82, 2.24) is 15.3 Å². The van der Waals surface area contributed by atoms with Crippen LogP contribution in [0.25, 0.3) is 0 Å². The molecule has 0 fully saturated rings. The van der Waals surface area contributed by atoms with Gasteiger partial charge in [-0.15, -0.1) is 0 Å². The summed E-state index contributed by atoms with van der Waals surface area (Å²) in [7, 11) is 0. The monoisotopic (exact) mass is 456 g/mol. The number of aromatic nitrogens is 2. The SMILES string of the molecule is CC(C)[C@@H](NC(=O)OC(C)(C)C)C(=O)Nc1cnc(Oc2cccc3c2C(C)(C)CO3)nc1. The van der Waals surface area contributed by atoms with Crippen molar-refractivity contribution in [3.63, 3.8) is 0 Å². The molecule has 0 saturated heterocycles. The van der Waals surface area contributed by atoms with Gasteiger partial charge in [0.15, 0.2) is 0 Å². The number of rotatable bonds is 6. The second kappa shape index (κ2) is 9.25. The minimum Gasteiger partial charge on any atom is -0.492 e. The van der Waals surface area contributed by atoms with Crippen molar-refractivity contribution >= 4 is 17.7 Å². The highest BCUT2D eigenvalue weighted by molar-refractivity contribution is 5.96. The van der Waals surface area contributed by atoms with E-state index in [1.807, 2.05) is 32.0 Å². The summed E-state index contributed by atoms with van der Waals surface area (Å²) in [6.45, 7) is 13.7. The minimum absolute atomic E-state index is 0.149. The Morgan fingerprint density at radius 1 is 1.15 bits per heavy atom. The molecule has 1 aromatic carbocycles. The van der Waals surface area contributed by atoms with Crippen LogP contribution in [0, 0.1) is 5.92 Å². The number of hydrogen-bond acceptors (Lipinski definition) is 7. The van der Waals surface area contributed by atoms with E-state index in [4.69, 9.17) is 14.2 Å². The number of hydrogen-bond donors (Lipinski definition) is 2. The lowest BCUT2D eigenvalue weighted by molar-refractivity contribution is -0.119. The summed E-state index contributed by atoms with van der Waals surface area (Å²) >= 11 is 0. The Morgan fingerprint density at radius 2 is 1.82 bits per heavy atom. The number of alkyl carbamates (subject to hydrolysis) is 1. The number of carbonyl (C=O) groups excluding carboxylic acids is 2. The van der Waals surface area contributed by atoms with E-state index >= 15 is 0 Å². The van der Waals surface area contributed by atoms with Crippen LogP contribution >= 0.6 is 0 Å². The van der Waals surface area contributed by atoms with E-state index in [9.17, 15) is 9.59 Å². The number of carbonyl (C=O) groups is 2. The number of benzene rings is 1. The maximum atomic E-state index is 12.7. The van der Waals surface area contributed by atoms with Gasteiger partial charge in [-0.3, -0.25) is 4.79 Å². The smallest absolute Gasteiger partial charge is 0.408 e. The molecule has 0 spiro atoms. The van der Waals surface area contributed by atoms with Gasteiger partial charge in [0.05, 0.1) is 24.7 Å². The maximum Gasteiger partial charge on any atom is 0.408 e. The van der Waals surface area contributed by atoms with Gasteiger partial charge in [-0.05, 0) is 38.8 Å². The van der Waals surface area contributed by atoms with Crippen molar-refractivity contribution in [2.24, 2.45) is 5.92 Å². The average Bonchev–Trinajstić information content (AvgIpc) is 3.02. The van der Waals surface area contributed by atoms with E-state index in [2.05, 4.69) is 34.4 Å². The summed E-state index contributed by atoms with van der Waals surface area (Å²) in [4.78, 5) is 33.3. The predicted molar refractivity (Wildman–Crippen MR) is 124 cm³/mol. The lowest BCUT2D eigenvalue weighted by atomic mass is 9.86. The molecule has 0 saturated carbocycles. The fourth-order valence-corrected chi connectivity index (χ4v) is 3.43. The highest BCUT2D eigenvalue weighted by Crippen LogP contribution is 2.44. The van der Waals surface area contributed by atoms with Crippen LogP contribution in [0.4, 0.5) is 10.5 Å². The molecule has 0 radical (unpaired) electrons. The molecule has 2 amide bonds. The quantitative estimate of drug-likeness (QED) is 0.661. The van der Waals surface area contributed by atoms with Gasteiger partial charge in [-0.2, -0.15) is 0 Å². The largest absolute Gasteiger partial charge is 0.492 e. The molecule has 0 aliphatic carbocycles. The van der Waals surface area contributed by atoms with Gasteiger partial charge in [-0.1, -0.05) is 33.8 Å². The fourth-order valence-electron chi connectivity index (χ4n) is 3.43. The van der Waals surface area contributed by atoms with E-state index < -0.39 is 23.6 Å². The first-order valence-corrected chi connectivity index (χ1v) is 10.9. The van der Waals surface area contributed by atoms with E-state index in [-0.39, 0.29) is 17.3 Å². The van der Waals surface area contributed by atoms with Gasteiger partial charge in [0.1, 0.15) is 23.1 Å². The summed E-state index contributed by atoms with van der Waals surface area (Å²) in [6, 6.07) is 4.98. The molecule has 9 nitrogen and oxygen atoms in total. The Hall–Kier alpha value is -3.36. The summed E-state index contributed by atoms with van der Waals surface area (Å²) in [5.41, 5.74) is 0.503. The topological polar surface area (TPSA) is 112 Å². The van der Waals surface area contributed by atoms with Gasteiger partial charge in [-0.25, -0.2) is 14.8 Å². The molecule has 2 N–H and O–H groups in total. The number of anilines is 1. The fraction of sp³-hybridized carbons (Fsp3) is 0.500. The van der Waals surface area contributed by atoms with E-state index in [1.165, 1.54) is 12.4 Å². The number of fused-ring (bicyclic) bond motifs is 1. The Bertz CT molecular complexity index is 1010. The molecule has 3 rings (SSSR count). The van der Waals surface area contributed by atoms with Crippen LogP contribution in [-0.4, -0.2) is 40.2 Å². The van der Waals surface area contributed by atoms with E-state index in [0.717, 1.165) is 11.3 Å². The van der Waals surface area contributed by atoms with Crippen LogP contribution < -0.4 is 20.1 Å². The standard InChI is InChI=1S/C24H32N4O5/c1-14(2)19(28-22(30)33-23(3,4)5)20(29)27-15-11-25-21(26-12-15)32-17-10-8-9-16-18(17)24(6,7)13-31-16/h8-12,14,19H,13H2,1-7H3,(H,27,29)(H,28,30)/t19-/m1/s1. The third-order valence-electron chi connectivity index (χ3n) is 4.97. The molecule has 33 heavy (non-hydrogen) atoms. The molecule has 1 aliphatic rings. The summed E-state index contributed by atoms with van der Waals surface area (Å²) in [6.07, 6.45) is 2.25. The zero-order valence-corrected chi connectivity index (χ0v) is 20.2. The third-order valence-corrected chi connectivity index (χ3v) is 4.97. The molecule has 0 bridgehead atoms. The first-order valence-electron chi connectivity index (χ1n) is 10.9. The first-order chi connectivity index (χ1) is 15.4. The van der Waals surface area contributed by atoms with Crippen LogP contribution in [-0.2, 0) is 14.9 Å². The molecular weight excluding hydrogens is 424 g/mol. The number of ether oxygens (including phenoxy) is 3. The summed E-state index contributed by atoms with van der Waals surface area (Å²) in [5.74, 6) is 0.867. The average molecular weight is 457 g/mol. The van der Waals surface area contributed by atoms with Gasteiger partial charge in [0.2, 0.25) is 5.91 Å². The first kappa shape index (κ1) is 24.3. The van der Waals surface area contributed by atoms with Crippen molar-refractivity contribution in [3.05, 3.63) is 36.2 Å². The molecule has 9 heteroatoms. The van der Waals surface area contributed by atoms with Crippen LogP contribution in [0.2, 0.25) is 0 Å². The summed E-state index contributed by atoms with van der Waals surface area (Å²) in [5, 5.41) is 5.35. The Kier molecular flexibility index (Phi) is 6.81. The highest BCUT2D eigenvalue weighted by atomic mass is 16.6. The van der Waals surface area contributed by atoms with Gasteiger partial charge < -0.3 is 24.8 Å². The molecule has 0 unspecified atom stereocenters. The van der Waals surface area contributed by atoms with Gasteiger partial charge in [0.25, 0.3) is 0 Å². The van der Waals surface area contributed by atoms with Crippen LogP contribution in [0.15, 0.2) is 30.6 Å². The molecule has 2 aromatic rings. The maximum absolute atomic E-state index is 12.7. The molecule has 1 aliphatic heterocycles. The lowest BCUT2D eigenvalue weighted by Crippen LogP contribution is -2.48. The summed E-state index contributed by atoms with van der Waals surface area (Å²) < 4.78 is 16.9. The zero-order chi connectivity index (χ0) is 24.4. The van der Waals surface area contributed by atoms with Crippen molar-refractivity contribution in [2.75, 3.05) is 11.9 Å². The van der Waals surface area contributed by atoms with Crippen molar-refractivity contribution in [3.8, 4) is 17.5 Å². The number of nitrogens with zero attached hydrogens (tertiary/aromatic N) is 2. The van der Waals surface area contributed by atoms with Crippen LogP contribution in [0.5, 0.6) is 17.5 Å². The van der Waals surface area contributed by atoms with E-state index in [0.29, 0.717) is 18.0 Å². The van der Waals surface area contributed by atoms with Crippen molar-refractivity contribution in [1.29, 1.82) is 0 Å². The molecule has 2 heterocycles.